The van der Waals surface area contributed by atoms with E-state index in [-0.39, 0.29) is 29.8 Å². The molecule has 50 heavy (non-hydrogen) atoms. The molecule has 3 atom stereocenters. The van der Waals surface area contributed by atoms with Crippen LogP contribution in [0.15, 0.2) is 48.7 Å². The summed E-state index contributed by atoms with van der Waals surface area (Å²) in [6.07, 6.45) is 0.382. The van der Waals surface area contributed by atoms with Crippen LogP contribution in [0.25, 0.3) is 17.2 Å². The zero-order chi connectivity index (χ0) is 35.7. The van der Waals surface area contributed by atoms with Crippen molar-refractivity contribution in [1.29, 1.82) is 0 Å². The summed E-state index contributed by atoms with van der Waals surface area (Å²) >= 11 is 0. The van der Waals surface area contributed by atoms with E-state index in [1.807, 2.05) is 18.2 Å². The number of fused-ring (bicyclic) bond motifs is 4. The van der Waals surface area contributed by atoms with E-state index in [0.29, 0.717) is 28.3 Å². The fraction of sp³-hybridized carbons (Fsp3) is 0.351. The van der Waals surface area contributed by atoms with E-state index in [1.54, 1.807) is 18.3 Å². The van der Waals surface area contributed by atoms with E-state index in [0.717, 1.165) is 23.4 Å². The van der Waals surface area contributed by atoms with Crippen LogP contribution in [0.5, 0.6) is 0 Å². The van der Waals surface area contributed by atoms with Crippen molar-refractivity contribution < 1.29 is 40.6 Å². The van der Waals surface area contributed by atoms with Gasteiger partial charge >= 0.3 is 6.18 Å². The number of carbonyl (C=O) groups is 1. The molecule has 4 aromatic rings. The molecule has 3 aliphatic carbocycles. The summed E-state index contributed by atoms with van der Waals surface area (Å²) in [5, 5.41) is 13.7. The van der Waals surface area contributed by atoms with Gasteiger partial charge in [0.1, 0.15) is 35.2 Å². The number of hydrogen-bond acceptors (Lipinski definition) is 5. The fourth-order valence-electron chi connectivity index (χ4n) is 6.96. The first-order valence-corrected chi connectivity index (χ1v) is 15.9. The molecule has 0 spiro atoms. The number of halogens is 7. The van der Waals surface area contributed by atoms with Gasteiger partial charge in [-0.25, -0.2) is 13.8 Å². The van der Waals surface area contributed by atoms with Crippen molar-refractivity contribution in [2.75, 3.05) is 0 Å². The Bertz CT molecular complexity index is 2120. The molecule has 0 radical (unpaired) electrons. The van der Waals surface area contributed by atoms with Crippen LogP contribution in [0.1, 0.15) is 83.7 Å². The number of ketones is 1. The first-order chi connectivity index (χ1) is 23.5. The van der Waals surface area contributed by atoms with Crippen molar-refractivity contribution in [3.8, 4) is 23.0 Å². The monoisotopic (exact) mass is 694 g/mol. The highest BCUT2D eigenvalue weighted by atomic mass is 19.4. The molecule has 0 amide bonds. The van der Waals surface area contributed by atoms with Gasteiger partial charge in [0, 0.05) is 53.6 Å². The molecule has 0 aliphatic heterocycles. The highest BCUT2D eigenvalue weighted by Crippen LogP contribution is 2.68. The van der Waals surface area contributed by atoms with Gasteiger partial charge in [-0.1, -0.05) is 18.1 Å². The van der Waals surface area contributed by atoms with Gasteiger partial charge in [-0.15, -0.1) is 0 Å². The molecule has 1 saturated carbocycles. The number of alkyl halides is 5. The van der Waals surface area contributed by atoms with Gasteiger partial charge < -0.3 is 5.11 Å². The quantitative estimate of drug-likeness (QED) is 0.153. The molecule has 6 nitrogen and oxygen atoms in total. The summed E-state index contributed by atoms with van der Waals surface area (Å²) in [7, 11) is 0. The molecule has 0 unspecified atom stereocenters. The van der Waals surface area contributed by atoms with Gasteiger partial charge in [-0.3, -0.25) is 14.5 Å². The lowest BCUT2D eigenvalue weighted by Crippen LogP contribution is -2.24. The third-order valence-electron chi connectivity index (χ3n) is 9.14. The van der Waals surface area contributed by atoms with Crippen LogP contribution in [0.2, 0.25) is 0 Å². The average molecular weight is 695 g/mol. The van der Waals surface area contributed by atoms with Crippen molar-refractivity contribution in [2.24, 2.45) is 5.92 Å². The minimum Gasteiger partial charge on any atom is -0.378 e. The van der Waals surface area contributed by atoms with E-state index in [2.05, 4.69) is 21.9 Å². The molecular weight excluding hydrogens is 665 g/mol. The number of allylic oxidation sites excluding steroid dienone is 1. The summed E-state index contributed by atoms with van der Waals surface area (Å²) < 4.78 is 101. The lowest BCUT2D eigenvalue weighted by Gasteiger charge is -2.21. The summed E-state index contributed by atoms with van der Waals surface area (Å²) in [4.78, 5) is 23.0. The van der Waals surface area contributed by atoms with Gasteiger partial charge in [0.25, 0.3) is 5.92 Å². The molecule has 1 N–H and O–H groups in total. The van der Waals surface area contributed by atoms with E-state index in [9.17, 15) is 31.9 Å². The van der Waals surface area contributed by atoms with E-state index in [4.69, 9.17) is 4.98 Å². The minimum absolute atomic E-state index is 0.0938. The van der Waals surface area contributed by atoms with Crippen LogP contribution >= 0.6 is 0 Å². The summed E-state index contributed by atoms with van der Waals surface area (Å²) in [5.74, 6) is -3.84. The van der Waals surface area contributed by atoms with Crippen LogP contribution in [-0.2, 0) is 36.3 Å². The lowest BCUT2D eigenvalue weighted by atomic mass is 9.86. The molecule has 0 saturated heterocycles. The second-order valence-electron chi connectivity index (χ2n) is 13.6. The molecule has 3 aromatic heterocycles. The van der Waals surface area contributed by atoms with Crippen LogP contribution in [0.3, 0.4) is 0 Å². The predicted molar refractivity (Wildman–Crippen MR) is 168 cm³/mol. The van der Waals surface area contributed by atoms with Gasteiger partial charge in [0.05, 0.1) is 11.4 Å². The fourth-order valence-corrected chi connectivity index (χ4v) is 6.96. The highest BCUT2D eigenvalue weighted by molar-refractivity contribution is 5.80. The molecule has 3 heterocycles. The zero-order valence-electron chi connectivity index (χ0n) is 26.8. The van der Waals surface area contributed by atoms with Crippen molar-refractivity contribution in [3.63, 3.8) is 0 Å². The molecule has 0 bridgehead atoms. The topological polar surface area (TPSA) is 80.9 Å². The second-order valence-corrected chi connectivity index (χ2v) is 13.6. The Labute approximate surface area is 282 Å². The SMILES string of the molecule is CC(C)(O)C#Cc1ccc(-c2cnc3c(c2)C=CC3)c([C@@H](CC(=O)Cn2nc(C(F)(F)F)c3c2C(F)(F)[C@@H]2C[C@H]32)Cc2cc(F)cc(F)c2)n1. The second kappa shape index (κ2) is 11.9. The van der Waals surface area contributed by atoms with E-state index < -0.39 is 82.8 Å². The maximum absolute atomic E-state index is 15.2. The Hall–Kier alpha value is -4.83. The zero-order valence-corrected chi connectivity index (χ0v) is 26.8. The highest BCUT2D eigenvalue weighted by Gasteiger charge is 2.68. The van der Waals surface area contributed by atoms with Crippen molar-refractivity contribution >= 4 is 11.9 Å². The minimum atomic E-state index is -5.00. The average Bonchev–Trinajstić information content (AvgIpc) is 3.41. The standard InChI is InChI=1S/C37H29F7N4O2/c1-35(2,50)9-8-25-6-7-27(22-13-20-4-3-5-30(20)45-17-22)32(46-25)21(10-19-11-23(38)15-24(39)12-19)14-26(49)18-48-34-31(33(47-48)37(42,43)44)28-16-29(28)36(34,40)41/h3-4,6-7,11-13,15,17,21,28-29,50H,5,10,14,16,18H2,1-2H3/t21-,28+,29-/m1/s1. The normalized spacial score (nSPS) is 19.0. The third kappa shape index (κ3) is 6.44. The van der Waals surface area contributed by atoms with Crippen LogP contribution < -0.4 is 0 Å². The molecule has 7 rings (SSSR count). The largest absolute Gasteiger partial charge is 0.435 e. The predicted octanol–water partition coefficient (Wildman–Crippen LogP) is 7.52. The number of hydrogen-bond donors (Lipinski definition) is 1. The smallest absolute Gasteiger partial charge is 0.378 e. The number of pyridine rings is 2. The number of benzene rings is 1. The molecule has 3 aliphatic rings. The Kier molecular flexibility index (Phi) is 8.01. The summed E-state index contributed by atoms with van der Waals surface area (Å²) in [5.41, 5.74) is -0.870. The van der Waals surface area contributed by atoms with Crippen LogP contribution in [-0.4, -0.2) is 36.2 Å². The van der Waals surface area contributed by atoms with Gasteiger partial charge in [-0.2, -0.15) is 27.1 Å². The van der Waals surface area contributed by atoms with Crippen LogP contribution in [0, 0.1) is 29.4 Å². The van der Waals surface area contributed by atoms with E-state index in [1.165, 1.54) is 13.8 Å². The number of Topliss-reactive ketones (excluding diaryl/α,β-unsaturated/α-hetero) is 1. The van der Waals surface area contributed by atoms with Gasteiger partial charge in [0.2, 0.25) is 0 Å². The number of aliphatic hydroxyl groups is 1. The number of rotatable bonds is 8. The summed E-state index contributed by atoms with van der Waals surface area (Å²) in [6.45, 7) is 2.06. The number of nitrogens with zero attached hydrogens (tertiary/aromatic N) is 4. The van der Waals surface area contributed by atoms with Crippen LogP contribution in [0.4, 0.5) is 30.7 Å². The first kappa shape index (κ1) is 33.7. The summed E-state index contributed by atoms with van der Waals surface area (Å²) in [6, 6.07) is 8.01. The molecule has 258 valence electrons. The van der Waals surface area contributed by atoms with Crippen molar-refractivity contribution in [2.45, 2.75) is 75.6 Å². The Balaban J connectivity index is 1.31. The maximum atomic E-state index is 15.2. The molecule has 1 aromatic carbocycles. The Morgan fingerprint density at radius 2 is 1.86 bits per heavy atom. The van der Waals surface area contributed by atoms with Gasteiger partial charge in [-0.05, 0) is 80.0 Å². The number of carbonyl (C=O) groups excluding carboxylic acids is 1. The van der Waals surface area contributed by atoms with Gasteiger partial charge in [0.15, 0.2) is 11.5 Å². The Morgan fingerprint density at radius 1 is 1.12 bits per heavy atom. The van der Waals surface area contributed by atoms with E-state index >= 15 is 8.78 Å². The molecular formula is C37H29F7N4O2. The molecule has 1 fully saturated rings. The van der Waals surface area contributed by atoms with Crippen molar-refractivity contribution in [3.05, 3.63) is 105 Å². The third-order valence-corrected chi connectivity index (χ3v) is 9.14. The number of aromatic nitrogens is 4. The lowest BCUT2D eigenvalue weighted by molar-refractivity contribution is -0.142. The maximum Gasteiger partial charge on any atom is 0.435 e. The Morgan fingerprint density at radius 3 is 2.56 bits per heavy atom. The van der Waals surface area contributed by atoms with Crippen molar-refractivity contribution in [1.82, 2.24) is 19.7 Å². The molecule has 13 heteroatoms. The first-order valence-electron chi connectivity index (χ1n) is 15.9.